The lowest BCUT2D eigenvalue weighted by atomic mass is 9.87. The van der Waals surface area contributed by atoms with Gasteiger partial charge >= 0.3 is 21.3 Å². The molecule has 7 unspecified atom stereocenters. The number of rotatable bonds is 13. The number of carbonyl (C=O) groups is 1. The number of hydrogen-bond donors (Lipinski definition) is 8. The molecule has 23 heteroatoms. The van der Waals surface area contributed by atoms with Crippen molar-refractivity contribution in [1.82, 2.24) is 9.55 Å². The van der Waals surface area contributed by atoms with Crippen molar-refractivity contribution in [2.24, 2.45) is 17.7 Å². The molecule has 21 nitrogen and oxygen atoms in total. The van der Waals surface area contributed by atoms with Crippen LogP contribution in [-0.2, 0) is 51.7 Å². The number of carbonyl (C=O) groups excluding carboxylic acids is 1. The van der Waals surface area contributed by atoms with E-state index in [2.05, 4.69) is 13.6 Å². The lowest BCUT2D eigenvalue weighted by molar-refractivity contribution is -0.264. The Morgan fingerprint density at radius 3 is 2.39 bits per heavy atom. The third kappa shape index (κ3) is 7.43. The highest BCUT2D eigenvalue weighted by Crippen LogP contribution is 2.65. The maximum absolute atomic E-state index is 13.1. The van der Waals surface area contributed by atoms with Gasteiger partial charge in [0.15, 0.2) is 12.0 Å². The molecule has 3 heterocycles. The van der Waals surface area contributed by atoms with E-state index in [1.165, 1.54) is 0 Å². The summed E-state index contributed by atoms with van der Waals surface area (Å²) in [5.41, 5.74) is -4.28. The number of ether oxygens (including phenoxy) is 2. The van der Waals surface area contributed by atoms with Crippen LogP contribution < -0.4 is 23.0 Å². The standard InChI is InChI=1S/C18H30N4O17P2/c1-8(24)4-9-13(26)14(27)10(5-23)35-16(9)36-41(32,38-20)39-40(31,37-19)34-6-11-15(28)18(30,7-33-11)22-3-2-12(25)21-17(22)29/h2-3,9-11,13-16,23,26-28,30H,4-7,19-20H2,1H3,(H,21,25,29)/t9?,10?,11-,13-,14?,15?,16-,18?,40?,41?/m1/s1. The minimum Gasteiger partial charge on any atom is -0.394 e. The van der Waals surface area contributed by atoms with E-state index in [4.69, 9.17) is 30.3 Å². The molecule has 3 rings (SSSR count). The summed E-state index contributed by atoms with van der Waals surface area (Å²) in [4.78, 5) is 36.9. The van der Waals surface area contributed by atoms with E-state index >= 15 is 0 Å². The van der Waals surface area contributed by atoms with E-state index in [0.717, 1.165) is 19.2 Å². The van der Waals surface area contributed by atoms with Crippen molar-refractivity contribution in [1.29, 1.82) is 0 Å². The van der Waals surface area contributed by atoms with E-state index < -0.39 is 107 Å². The number of phosphoric acid groups is 2. The SMILES string of the molecule is CC(=O)CC1[C@@H](OP(=O)(ON)OP(=O)(ON)OC[C@H]2OCC(O)(n3ccc(=O)[nH]c3=O)C2O)OC(CO)C(O)[C@@H]1O. The highest BCUT2D eigenvalue weighted by atomic mass is 31.3. The molecular weight excluding hydrogens is 606 g/mol. The van der Waals surface area contributed by atoms with Crippen LogP contribution in [0, 0.1) is 5.92 Å². The van der Waals surface area contributed by atoms with Crippen LogP contribution in [0.25, 0.3) is 0 Å². The van der Waals surface area contributed by atoms with Gasteiger partial charge in [-0.1, -0.05) is 0 Å². The Bertz CT molecular complexity index is 1290. The topological polar surface area (TPSA) is 324 Å². The summed E-state index contributed by atoms with van der Waals surface area (Å²) in [5.74, 6) is 8.04. The lowest BCUT2D eigenvalue weighted by Gasteiger charge is -2.42. The molecule has 0 saturated carbocycles. The minimum absolute atomic E-state index is 0.495. The summed E-state index contributed by atoms with van der Waals surface area (Å²) in [7, 11) is -10.5. The lowest BCUT2D eigenvalue weighted by Crippen LogP contribution is -2.56. The highest BCUT2D eigenvalue weighted by Gasteiger charge is 2.53. The van der Waals surface area contributed by atoms with Gasteiger partial charge in [0.2, 0.25) is 0 Å². The number of H-pyrrole nitrogens is 1. The number of nitrogens with one attached hydrogen (secondary N) is 1. The molecule has 0 aromatic carbocycles. The first-order valence-electron chi connectivity index (χ1n) is 11.6. The van der Waals surface area contributed by atoms with Crippen molar-refractivity contribution in [2.45, 2.75) is 55.9 Å². The third-order valence-electron chi connectivity index (χ3n) is 6.20. The van der Waals surface area contributed by atoms with E-state index in [-0.39, 0.29) is 0 Å². The van der Waals surface area contributed by atoms with Crippen molar-refractivity contribution in [2.75, 3.05) is 19.8 Å². The Morgan fingerprint density at radius 2 is 1.83 bits per heavy atom. The van der Waals surface area contributed by atoms with Crippen LogP contribution in [0.4, 0.5) is 0 Å². The zero-order chi connectivity index (χ0) is 30.8. The first kappa shape index (κ1) is 33.7. The molecule has 0 radical (unpaired) electrons. The maximum Gasteiger partial charge on any atom is 0.502 e. The van der Waals surface area contributed by atoms with Gasteiger partial charge in [0, 0.05) is 24.6 Å². The van der Waals surface area contributed by atoms with Gasteiger partial charge in [0.25, 0.3) is 5.56 Å². The van der Waals surface area contributed by atoms with E-state index in [0.29, 0.717) is 4.57 Å². The summed E-state index contributed by atoms with van der Waals surface area (Å²) in [6.07, 6.45) is -9.92. The quantitative estimate of drug-likeness (QED) is 0.0755. The molecule has 41 heavy (non-hydrogen) atoms. The van der Waals surface area contributed by atoms with Crippen molar-refractivity contribution < 1.29 is 71.5 Å². The van der Waals surface area contributed by atoms with Crippen molar-refractivity contribution in [3.8, 4) is 0 Å². The number of Topliss-reactive ketones (excluding diaryl/α,β-unsaturated/α-hetero) is 1. The predicted molar refractivity (Wildman–Crippen MR) is 128 cm³/mol. The Morgan fingerprint density at radius 1 is 1.17 bits per heavy atom. The van der Waals surface area contributed by atoms with Gasteiger partial charge in [-0.25, -0.2) is 35.0 Å². The van der Waals surface area contributed by atoms with Gasteiger partial charge in [-0.2, -0.15) is 4.31 Å². The molecule has 0 spiro atoms. The zero-order valence-corrected chi connectivity index (χ0v) is 22.9. The number of aromatic nitrogens is 2. The van der Waals surface area contributed by atoms with Gasteiger partial charge in [-0.3, -0.25) is 23.4 Å². The van der Waals surface area contributed by atoms with Crippen LogP contribution in [0.1, 0.15) is 13.3 Å². The molecule has 2 aliphatic rings. The molecule has 0 bridgehead atoms. The molecular formula is C18H30N4O17P2. The van der Waals surface area contributed by atoms with Crippen LogP contribution in [0.2, 0.25) is 0 Å². The Kier molecular flexibility index (Phi) is 10.9. The normalized spacial score (nSPS) is 35.1. The van der Waals surface area contributed by atoms with Gasteiger partial charge in [-0.15, -0.1) is 0 Å². The van der Waals surface area contributed by atoms with Gasteiger partial charge in [0.1, 0.15) is 30.2 Å². The third-order valence-corrected chi connectivity index (χ3v) is 9.24. The van der Waals surface area contributed by atoms with Crippen molar-refractivity contribution >= 4 is 21.4 Å². The van der Waals surface area contributed by atoms with Crippen LogP contribution in [0.3, 0.4) is 0 Å². The Balaban J connectivity index is 1.74. The molecule has 1 aromatic rings. The number of aromatic amines is 1. The largest absolute Gasteiger partial charge is 0.502 e. The number of aliphatic hydroxyl groups excluding tert-OH is 4. The number of aliphatic hydroxyl groups is 5. The molecule has 0 aliphatic carbocycles. The zero-order valence-electron chi connectivity index (χ0n) is 21.2. The average molecular weight is 636 g/mol. The summed E-state index contributed by atoms with van der Waals surface area (Å²) >= 11 is 0. The number of ketones is 1. The second kappa shape index (κ2) is 13.3. The number of nitrogens with two attached hydrogens (primary N) is 2. The Labute approximate surface area is 229 Å². The van der Waals surface area contributed by atoms with Gasteiger partial charge in [-0.05, 0) is 6.92 Å². The molecule has 2 saturated heterocycles. The molecule has 234 valence electrons. The fourth-order valence-electron chi connectivity index (χ4n) is 4.12. The maximum atomic E-state index is 13.1. The first-order chi connectivity index (χ1) is 19.1. The fraction of sp³-hybridized carbons (Fsp3) is 0.722. The molecule has 2 aliphatic heterocycles. The van der Waals surface area contributed by atoms with Crippen molar-refractivity contribution in [3.63, 3.8) is 0 Å². The highest BCUT2D eigenvalue weighted by molar-refractivity contribution is 7.62. The Hall–Kier alpha value is -1.75. The van der Waals surface area contributed by atoms with Crippen LogP contribution in [0.15, 0.2) is 21.9 Å². The van der Waals surface area contributed by atoms with Crippen LogP contribution >= 0.6 is 15.6 Å². The smallest absolute Gasteiger partial charge is 0.394 e. The predicted octanol–water partition coefficient (Wildman–Crippen LogP) is -3.98. The number of nitrogens with zero attached hydrogens (tertiary/aromatic N) is 1. The monoisotopic (exact) mass is 636 g/mol. The fourth-order valence-corrected chi connectivity index (χ4v) is 6.65. The summed E-state index contributed by atoms with van der Waals surface area (Å²) in [6, 6.07) is 0.893. The molecule has 1 aromatic heterocycles. The summed E-state index contributed by atoms with van der Waals surface area (Å²) in [6.45, 7) is -1.39. The first-order valence-corrected chi connectivity index (χ1v) is 14.5. The molecule has 10 atom stereocenters. The summed E-state index contributed by atoms with van der Waals surface area (Å²) < 4.78 is 60.1. The molecule has 2 fully saturated rings. The average Bonchev–Trinajstić information content (AvgIpc) is 3.20. The van der Waals surface area contributed by atoms with Gasteiger partial charge in [0.05, 0.1) is 25.9 Å². The van der Waals surface area contributed by atoms with Crippen molar-refractivity contribution in [3.05, 3.63) is 33.1 Å². The van der Waals surface area contributed by atoms with Crippen LogP contribution in [-0.4, -0.2) is 97.5 Å². The minimum atomic E-state index is -5.29. The van der Waals surface area contributed by atoms with Gasteiger partial charge < -0.3 is 39.8 Å². The van der Waals surface area contributed by atoms with E-state index in [9.17, 15) is 49.0 Å². The van der Waals surface area contributed by atoms with E-state index in [1.54, 1.807) is 0 Å². The van der Waals surface area contributed by atoms with Crippen LogP contribution in [0.5, 0.6) is 0 Å². The van der Waals surface area contributed by atoms with E-state index in [1.807, 2.05) is 4.98 Å². The molecule has 10 N–H and O–H groups in total. The molecule has 0 amide bonds. The second-order valence-corrected chi connectivity index (χ2v) is 12.4. The number of hydrogen-bond acceptors (Lipinski definition) is 19. The second-order valence-electron chi connectivity index (χ2n) is 9.02. The summed E-state index contributed by atoms with van der Waals surface area (Å²) in [5, 5.41) is 51.3.